The molecule has 1 aliphatic heterocycles. The van der Waals surface area contributed by atoms with Crippen molar-refractivity contribution in [3.05, 3.63) is 22.6 Å². The van der Waals surface area contributed by atoms with E-state index in [9.17, 15) is 4.39 Å². The average Bonchev–Trinajstić information content (AvgIpc) is 2.06. The molecule has 14 heavy (non-hydrogen) atoms. The van der Waals surface area contributed by atoms with Crippen LogP contribution < -0.4 is 4.90 Å². The highest BCUT2D eigenvalue weighted by Gasteiger charge is 2.25. The highest BCUT2D eigenvalue weighted by atomic mass is 79.9. The summed E-state index contributed by atoms with van der Waals surface area (Å²) in [6.07, 6.45) is 1.53. The Bertz CT molecular complexity index is 388. The third kappa shape index (κ3) is 1.57. The molecule has 1 fully saturated rings. The van der Waals surface area contributed by atoms with Gasteiger partial charge in [0.15, 0.2) is 11.6 Å². The topological polar surface area (TPSA) is 48.7 Å². The maximum Gasteiger partial charge on any atom is 0.166 e. The molecule has 6 heteroatoms. The van der Waals surface area contributed by atoms with Crippen molar-refractivity contribution >= 4 is 27.5 Å². The van der Waals surface area contributed by atoms with E-state index in [4.69, 9.17) is 5.21 Å². The van der Waals surface area contributed by atoms with Gasteiger partial charge in [0.05, 0.1) is 18.8 Å². The Morgan fingerprint density at radius 2 is 2.29 bits per heavy atom. The van der Waals surface area contributed by atoms with Crippen LogP contribution in [0.5, 0.6) is 0 Å². The van der Waals surface area contributed by atoms with Gasteiger partial charge in [-0.2, -0.15) is 0 Å². The third-order valence-electron chi connectivity index (χ3n) is 1.98. The Morgan fingerprint density at radius 1 is 1.57 bits per heavy atom. The standard InChI is InChI=1S/C8H7BrFN3O/c9-5-1-7(10)8(11-2-5)13-3-6(4-13)12-14/h1-2,14H,3-4H2. The fourth-order valence-electron chi connectivity index (χ4n) is 1.25. The van der Waals surface area contributed by atoms with Gasteiger partial charge >= 0.3 is 0 Å². The van der Waals surface area contributed by atoms with Gasteiger partial charge in [0.1, 0.15) is 0 Å². The van der Waals surface area contributed by atoms with Crippen LogP contribution >= 0.6 is 15.9 Å². The Balaban J connectivity index is 2.19. The molecule has 2 rings (SSSR count). The van der Waals surface area contributed by atoms with E-state index in [1.165, 1.54) is 12.3 Å². The van der Waals surface area contributed by atoms with Crippen molar-refractivity contribution in [2.24, 2.45) is 5.16 Å². The van der Waals surface area contributed by atoms with Crippen LogP contribution in [0, 0.1) is 5.82 Å². The van der Waals surface area contributed by atoms with Gasteiger partial charge in [-0.1, -0.05) is 5.16 Å². The summed E-state index contributed by atoms with van der Waals surface area (Å²) in [6.45, 7) is 0.865. The fourth-order valence-corrected chi connectivity index (χ4v) is 1.55. The van der Waals surface area contributed by atoms with E-state index in [0.717, 1.165) is 0 Å². The van der Waals surface area contributed by atoms with Crippen LogP contribution in [0.4, 0.5) is 10.2 Å². The van der Waals surface area contributed by atoms with E-state index in [0.29, 0.717) is 29.1 Å². The molecule has 74 valence electrons. The first kappa shape index (κ1) is 9.39. The summed E-state index contributed by atoms with van der Waals surface area (Å²) < 4.78 is 13.9. The van der Waals surface area contributed by atoms with Crippen molar-refractivity contribution in [3.63, 3.8) is 0 Å². The van der Waals surface area contributed by atoms with Crippen molar-refractivity contribution in [1.29, 1.82) is 0 Å². The van der Waals surface area contributed by atoms with Crippen molar-refractivity contribution in [1.82, 2.24) is 4.98 Å². The molecule has 0 amide bonds. The van der Waals surface area contributed by atoms with Crippen LogP contribution in [0.3, 0.4) is 0 Å². The Labute approximate surface area is 88.2 Å². The zero-order chi connectivity index (χ0) is 10.1. The maximum atomic E-state index is 13.3. The summed E-state index contributed by atoms with van der Waals surface area (Å²) in [5, 5.41) is 11.4. The lowest BCUT2D eigenvalue weighted by Crippen LogP contribution is -2.48. The molecule has 0 spiro atoms. The van der Waals surface area contributed by atoms with E-state index in [1.54, 1.807) is 4.90 Å². The van der Waals surface area contributed by atoms with Gasteiger partial charge in [-0.05, 0) is 22.0 Å². The average molecular weight is 260 g/mol. The normalized spacial score (nSPS) is 15.3. The summed E-state index contributed by atoms with van der Waals surface area (Å²) in [5.41, 5.74) is 0.633. The number of rotatable bonds is 1. The first-order chi connectivity index (χ1) is 6.70. The van der Waals surface area contributed by atoms with Crippen LogP contribution in [0.25, 0.3) is 0 Å². The zero-order valence-electron chi connectivity index (χ0n) is 7.11. The quantitative estimate of drug-likeness (QED) is 0.616. The molecule has 0 bridgehead atoms. The number of hydrogen-bond acceptors (Lipinski definition) is 4. The lowest BCUT2D eigenvalue weighted by Gasteiger charge is -2.32. The van der Waals surface area contributed by atoms with Crippen molar-refractivity contribution in [3.8, 4) is 0 Å². The van der Waals surface area contributed by atoms with Crippen LogP contribution in [0.1, 0.15) is 0 Å². The number of nitrogens with zero attached hydrogens (tertiary/aromatic N) is 3. The van der Waals surface area contributed by atoms with Gasteiger partial charge in [0.25, 0.3) is 0 Å². The molecule has 1 saturated heterocycles. The molecule has 1 aromatic heterocycles. The lowest BCUT2D eigenvalue weighted by molar-refractivity contribution is 0.315. The predicted octanol–water partition coefficient (Wildman–Crippen LogP) is 1.63. The molecule has 2 heterocycles. The Morgan fingerprint density at radius 3 is 2.86 bits per heavy atom. The summed E-state index contributed by atoms with van der Waals surface area (Å²) in [6, 6.07) is 1.36. The molecular weight excluding hydrogens is 253 g/mol. The minimum absolute atomic E-state index is 0.292. The van der Waals surface area contributed by atoms with Crippen LogP contribution in [-0.4, -0.2) is 29.0 Å². The van der Waals surface area contributed by atoms with Gasteiger partial charge in [-0.25, -0.2) is 9.37 Å². The van der Waals surface area contributed by atoms with Gasteiger partial charge in [0.2, 0.25) is 0 Å². The van der Waals surface area contributed by atoms with Crippen LogP contribution in [-0.2, 0) is 0 Å². The summed E-state index contributed by atoms with van der Waals surface area (Å²) >= 11 is 3.13. The minimum atomic E-state index is -0.378. The summed E-state index contributed by atoms with van der Waals surface area (Å²) in [4.78, 5) is 5.63. The van der Waals surface area contributed by atoms with Gasteiger partial charge in [0, 0.05) is 10.7 Å². The first-order valence-electron chi connectivity index (χ1n) is 3.96. The van der Waals surface area contributed by atoms with E-state index < -0.39 is 0 Å². The Hall–Kier alpha value is -1.17. The van der Waals surface area contributed by atoms with Gasteiger partial charge in [-0.3, -0.25) is 0 Å². The molecule has 0 atom stereocenters. The number of hydrogen-bond donors (Lipinski definition) is 1. The van der Waals surface area contributed by atoms with Crippen LogP contribution in [0.15, 0.2) is 21.9 Å². The van der Waals surface area contributed by atoms with Gasteiger partial charge < -0.3 is 10.1 Å². The largest absolute Gasteiger partial charge is 0.411 e. The third-order valence-corrected chi connectivity index (χ3v) is 2.41. The molecule has 1 aliphatic rings. The number of aromatic nitrogens is 1. The first-order valence-corrected chi connectivity index (χ1v) is 4.76. The van der Waals surface area contributed by atoms with E-state index in [-0.39, 0.29) is 5.82 Å². The SMILES string of the molecule is ON=C1CN(c2ncc(Br)cc2F)C1. The van der Waals surface area contributed by atoms with E-state index >= 15 is 0 Å². The second kappa shape index (κ2) is 3.53. The molecule has 0 saturated carbocycles. The minimum Gasteiger partial charge on any atom is -0.411 e. The molecule has 1 aromatic rings. The molecule has 0 radical (unpaired) electrons. The van der Waals surface area contributed by atoms with E-state index in [2.05, 4.69) is 26.1 Å². The monoisotopic (exact) mass is 259 g/mol. The zero-order valence-corrected chi connectivity index (χ0v) is 8.70. The molecule has 0 aliphatic carbocycles. The molecule has 4 nitrogen and oxygen atoms in total. The molecular formula is C8H7BrFN3O. The fraction of sp³-hybridized carbons (Fsp3) is 0.250. The van der Waals surface area contributed by atoms with E-state index in [1.807, 2.05) is 0 Å². The van der Waals surface area contributed by atoms with Gasteiger partial charge in [-0.15, -0.1) is 0 Å². The van der Waals surface area contributed by atoms with Crippen molar-refractivity contribution in [2.45, 2.75) is 0 Å². The highest BCUT2D eigenvalue weighted by Crippen LogP contribution is 2.22. The summed E-state index contributed by atoms with van der Waals surface area (Å²) in [7, 11) is 0. The Kier molecular flexibility index (Phi) is 2.37. The molecule has 0 unspecified atom stereocenters. The second-order valence-electron chi connectivity index (χ2n) is 2.98. The maximum absolute atomic E-state index is 13.3. The number of pyridine rings is 1. The molecule has 1 N–H and O–H groups in total. The predicted molar refractivity (Wildman–Crippen MR) is 53.3 cm³/mol. The summed E-state index contributed by atoms with van der Waals surface area (Å²) in [5.74, 6) is -0.0861. The number of oxime groups is 1. The van der Waals surface area contributed by atoms with Crippen molar-refractivity contribution in [2.75, 3.05) is 18.0 Å². The second-order valence-corrected chi connectivity index (χ2v) is 3.90. The highest BCUT2D eigenvalue weighted by molar-refractivity contribution is 9.10. The lowest BCUT2D eigenvalue weighted by atomic mass is 10.2. The number of halogens is 2. The smallest absolute Gasteiger partial charge is 0.166 e. The number of anilines is 1. The van der Waals surface area contributed by atoms with Crippen molar-refractivity contribution < 1.29 is 9.60 Å². The molecule has 0 aromatic carbocycles. The van der Waals surface area contributed by atoms with Crippen LogP contribution in [0.2, 0.25) is 0 Å².